The van der Waals surface area contributed by atoms with E-state index >= 15 is 0 Å². The predicted molar refractivity (Wildman–Crippen MR) is 63.4 cm³/mol. The Balaban J connectivity index is 2.37. The highest BCUT2D eigenvalue weighted by molar-refractivity contribution is 7.15. The number of unbranched alkanes of at least 4 members (excludes halogenated alkanes) is 1. The third-order valence-corrected chi connectivity index (χ3v) is 2.98. The molecule has 5 nitrogen and oxygen atoms in total. The van der Waals surface area contributed by atoms with Crippen molar-refractivity contribution in [2.24, 2.45) is 0 Å². The van der Waals surface area contributed by atoms with Crippen molar-refractivity contribution in [3.63, 3.8) is 0 Å². The highest BCUT2D eigenvalue weighted by Crippen LogP contribution is 2.21. The molecule has 6 heteroatoms. The molecule has 1 rings (SSSR count). The van der Waals surface area contributed by atoms with Gasteiger partial charge in [-0.25, -0.2) is 9.78 Å². The fraction of sp³-hybridized carbons (Fsp3) is 0.600. The quantitative estimate of drug-likeness (QED) is 0.718. The fourth-order valence-electron chi connectivity index (χ4n) is 1.24. The molecular formula is C10H16N2O3S. The summed E-state index contributed by atoms with van der Waals surface area (Å²) in [7, 11) is 1.68. The van der Waals surface area contributed by atoms with Crippen LogP contribution in [0.25, 0.3) is 0 Å². The van der Waals surface area contributed by atoms with E-state index in [9.17, 15) is 4.79 Å². The van der Waals surface area contributed by atoms with Crippen molar-refractivity contribution in [3.05, 3.63) is 10.6 Å². The van der Waals surface area contributed by atoms with Crippen LogP contribution in [0.1, 0.15) is 28.2 Å². The number of carbonyl (C=O) groups is 1. The Morgan fingerprint density at radius 1 is 1.56 bits per heavy atom. The van der Waals surface area contributed by atoms with Gasteiger partial charge in [0.25, 0.3) is 0 Å². The number of anilines is 1. The number of hydrogen-bond acceptors (Lipinski definition) is 5. The maximum absolute atomic E-state index is 10.8. The summed E-state index contributed by atoms with van der Waals surface area (Å²) >= 11 is 1.37. The second kappa shape index (κ2) is 6.44. The zero-order chi connectivity index (χ0) is 12.0. The summed E-state index contributed by atoms with van der Waals surface area (Å²) < 4.78 is 4.93. The van der Waals surface area contributed by atoms with E-state index in [2.05, 4.69) is 10.3 Å². The van der Waals surface area contributed by atoms with Crippen LogP contribution in [-0.4, -0.2) is 36.3 Å². The van der Waals surface area contributed by atoms with Crippen LogP contribution in [-0.2, 0) is 4.74 Å². The van der Waals surface area contributed by atoms with Gasteiger partial charge in [-0.05, 0) is 19.8 Å². The predicted octanol–water partition coefficient (Wildman–Crippen LogP) is 1.99. The van der Waals surface area contributed by atoms with Crippen LogP contribution in [0.4, 0.5) is 5.13 Å². The van der Waals surface area contributed by atoms with Gasteiger partial charge in [0.15, 0.2) is 10.8 Å². The fourth-order valence-corrected chi connectivity index (χ4v) is 2.07. The van der Waals surface area contributed by atoms with E-state index in [1.165, 1.54) is 11.3 Å². The molecule has 1 heterocycles. The number of carboxylic acid groups (broad SMARTS) is 1. The van der Waals surface area contributed by atoms with Crippen LogP contribution in [0.3, 0.4) is 0 Å². The molecule has 0 saturated heterocycles. The SMILES string of the molecule is COCCCCNc1nc(C(=O)O)c(C)s1. The van der Waals surface area contributed by atoms with Crippen molar-refractivity contribution in [1.29, 1.82) is 0 Å². The molecule has 1 aromatic rings. The van der Waals surface area contributed by atoms with Crippen LogP contribution in [0.2, 0.25) is 0 Å². The molecule has 90 valence electrons. The number of thiazole rings is 1. The number of aromatic carboxylic acids is 1. The third kappa shape index (κ3) is 3.79. The first kappa shape index (κ1) is 12.9. The molecule has 0 spiro atoms. The van der Waals surface area contributed by atoms with Crippen molar-refractivity contribution < 1.29 is 14.6 Å². The summed E-state index contributed by atoms with van der Waals surface area (Å²) in [6.07, 6.45) is 1.97. The number of nitrogens with zero attached hydrogens (tertiary/aromatic N) is 1. The highest BCUT2D eigenvalue weighted by Gasteiger charge is 2.13. The molecule has 0 aliphatic heterocycles. The monoisotopic (exact) mass is 244 g/mol. The second-order valence-corrected chi connectivity index (χ2v) is 4.56. The number of methoxy groups -OCH3 is 1. The molecule has 0 fully saturated rings. The van der Waals surface area contributed by atoms with Crippen molar-refractivity contribution >= 4 is 22.4 Å². The Morgan fingerprint density at radius 2 is 2.31 bits per heavy atom. The zero-order valence-electron chi connectivity index (χ0n) is 9.45. The van der Waals surface area contributed by atoms with Gasteiger partial charge in [0.1, 0.15) is 0 Å². The lowest BCUT2D eigenvalue weighted by atomic mass is 10.3. The van der Waals surface area contributed by atoms with E-state index in [1.807, 2.05) is 0 Å². The van der Waals surface area contributed by atoms with Crippen molar-refractivity contribution in [1.82, 2.24) is 4.98 Å². The highest BCUT2D eigenvalue weighted by atomic mass is 32.1. The number of aromatic nitrogens is 1. The smallest absolute Gasteiger partial charge is 0.355 e. The summed E-state index contributed by atoms with van der Waals surface area (Å²) in [5, 5.41) is 12.6. The largest absolute Gasteiger partial charge is 0.476 e. The van der Waals surface area contributed by atoms with Gasteiger partial charge in [-0.15, -0.1) is 11.3 Å². The zero-order valence-corrected chi connectivity index (χ0v) is 10.3. The number of hydrogen-bond donors (Lipinski definition) is 2. The van der Waals surface area contributed by atoms with E-state index < -0.39 is 5.97 Å². The number of carboxylic acids is 1. The topological polar surface area (TPSA) is 71.5 Å². The molecule has 0 saturated carbocycles. The first-order valence-corrected chi connectivity index (χ1v) is 5.90. The van der Waals surface area contributed by atoms with Crippen molar-refractivity contribution in [3.8, 4) is 0 Å². The Labute approximate surface area is 98.5 Å². The molecule has 0 unspecified atom stereocenters. The molecule has 0 aromatic carbocycles. The van der Waals surface area contributed by atoms with Crippen LogP contribution in [0.5, 0.6) is 0 Å². The van der Waals surface area contributed by atoms with Crippen LogP contribution < -0.4 is 5.32 Å². The minimum Gasteiger partial charge on any atom is -0.476 e. The average Bonchev–Trinajstić information content (AvgIpc) is 2.59. The lowest BCUT2D eigenvalue weighted by molar-refractivity contribution is 0.0690. The van der Waals surface area contributed by atoms with E-state index in [0.717, 1.165) is 30.9 Å². The van der Waals surface area contributed by atoms with E-state index in [4.69, 9.17) is 9.84 Å². The lowest BCUT2D eigenvalue weighted by Gasteiger charge is -2.01. The van der Waals surface area contributed by atoms with Gasteiger partial charge in [0.2, 0.25) is 0 Å². The van der Waals surface area contributed by atoms with Gasteiger partial charge in [-0.1, -0.05) is 0 Å². The molecular weight excluding hydrogens is 228 g/mol. The van der Waals surface area contributed by atoms with E-state index in [0.29, 0.717) is 5.13 Å². The summed E-state index contributed by atoms with van der Waals surface area (Å²) in [6.45, 7) is 3.30. The van der Waals surface area contributed by atoms with E-state index in [1.54, 1.807) is 14.0 Å². The van der Waals surface area contributed by atoms with Crippen LogP contribution in [0, 0.1) is 6.92 Å². The Morgan fingerprint density at radius 3 is 2.88 bits per heavy atom. The Bertz CT molecular complexity index is 352. The minimum atomic E-state index is -0.971. The molecule has 16 heavy (non-hydrogen) atoms. The Kier molecular flexibility index (Phi) is 5.21. The Hall–Kier alpha value is -1.14. The molecule has 0 radical (unpaired) electrons. The van der Waals surface area contributed by atoms with Gasteiger partial charge in [0.05, 0.1) is 0 Å². The van der Waals surface area contributed by atoms with Crippen molar-refractivity contribution in [2.45, 2.75) is 19.8 Å². The molecule has 1 aromatic heterocycles. The number of nitrogens with one attached hydrogen (secondary N) is 1. The van der Waals surface area contributed by atoms with Gasteiger partial charge in [-0.2, -0.15) is 0 Å². The summed E-state index contributed by atoms with van der Waals surface area (Å²) in [5.41, 5.74) is 0.143. The number of aryl methyl sites for hydroxylation is 1. The maximum atomic E-state index is 10.8. The van der Waals surface area contributed by atoms with Gasteiger partial charge < -0.3 is 15.2 Å². The normalized spacial score (nSPS) is 10.4. The first-order valence-electron chi connectivity index (χ1n) is 5.08. The molecule has 2 N–H and O–H groups in total. The lowest BCUT2D eigenvalue weighted by Crippen LogP contribution is -2.04. The molecule has 0 aliphatic rings. The van der Waals surface area contributed by atoms with Crippen LogP contribution >= 0.6 is 11.3 Å². The molecule has 0 amide bonds. The third-order valence-electron chi connectivity index (χ3n) is 2.05. The van der Waals surface area contributed by atoms with Gasteiger partial charge >= 0.3 is 5.97 Å². The van der Waals surface area contributed by atoms with Crippen molar-refractivity contribution in [2.75, 3.05) is 25.6 Å². The summed E-state index contributed by atoms with van der Waals surface area (Å²) in [5.74, 6) is -0.971. The van der Waals surface area contributed by atoms with Crippen LogP contribution in [0.15, 0.2) is 0 Å². The van der Waals surface area contributed by atoms with Gasteiger partial charge in [0, 0.05) is 25.1 Å². The second-order valence-electron chi connectivity index (χ2n) is 3.36. The molecule has 0 aliphatic carbocycles. The summed E-state index contributed by atoms with van der Waals surface area (Å²) in [6, 6.07) is 0. The summed E-state index contributed by atoms with van der Waals surface area (Å²) in [4.78, 5) is 15.5. The number of rotatable bonds is 7. The number of ether oxygens (including phenoxy) is 1. The first-order chi connectivity index (χ1) is 7.65. The molecule has 0 atom stereocenters. The maximum Gasteiger partial charge on any atom is 0.355 e. The minimum absolute atomic E-state index is 0.143. The van der Waals surface area contributed by atoms with E-state index in [-0.39, 0.29) is 5.69 Å². The molecule has 0 bridgehead atoms. The van der Waals surface area contributed by atoms with Gasteiger partial charge in [-0.3, -0.25) is 0 Å². The average molecular weight is 244 g/mol. The standard InChI is InChI=1S/C10H16N2O3S/c1-7-8(9(13)14)12-10(16-7)11-5-3-4-6-15-2/h3-6H2,1-2H3,(H,11,12)(H,13,14).